The highest BCUT2D eigenvalue weighted by molar-refractivity contribution is 5.88. The molecule has 3 aromatic rings. The molecule has 0 radical (unpaired) electrons. The van der Waals surface area contributed by atoms with Gasteiger partial charge in [0.25, 0.3) is 0 Å². The van der Waals surface area contributed by atoms with Gasteiger partial charge in [-0.05, 0) is 30.2 Å². The second-order valence-corrected chi connectivity index (χ2v) is 7.73. The topological polar surface area (TPSA) is 74.9 Å². The fourth-order valence-electron chi connectivity index (χ4n) is 4.51. The Labute approximate surface area is 178 Å². The number of cyclic esters (lactones) is 1. The van der Waals surface area contributed by atoms with Crippen molar-refractivity contribution in [2.24, 2.45) is 0 Å². The standard InChI is InChI=1S/C23H22FN3O4/c1-30-14-6-7-17(18(24)12-14)22-21-16(15-4-2-3-5-19(15)25-21)8-9-27(22)20(28)13-26-10-11-31-23(26)29/h2-7,12,22,25H,8-11,13H2,1H3/t22-/m1/s1. The van der Waals surface area contributed by atoms with Crippen molar-refractivity contribution in [3.63, 3.8) is 0 Å². The molecule has 8 heteroatoms. The van der Waals surface area contributed by atoms with E-state index in [9.17, 15) is 9.59 Å². The highest BCUT2D eigenvalue weighted by Gasteiger charge is 2.37. The van der Waals surface area contributed by atoms with E-state index in [-0.39, 0.29) is 19.1 Å². The van der Waals surface area contributed by atoms with E-state index in [1.807, 2.05) is 24.3 Å². The molecule has 3 heterocycles. The van der Waals surface area contributed by atoms with Crippen LogP contribution in [0.2, 0.25) is 0 Å². The second kappa shape index (κ2) is 7.61. The first-order chi connectivity index (χ1) is 15.1. The second-order valence-electron chi connectivity index (χ2n) is 7.73. The number of nitrogens with one attached hydrogen (secondary N) is 1. The SMILES string of the molecule is COc1ccc([C@@H]2c3[nH]c4ccccc4c3CCN2C(=O)CN2CCOC2=O)c(F)c1. The number of aromatic nitrogens is 1. The van der Waals surface area contributed by atoms with Gasteiger partial charge in [-0.2, -0.15) is 0 Å². The average molecular weight is 423 g/mol. The molecule has 160 valence electrons. The molecule has 0 unspecified atom stereocenters. The van der Waals surface area contributed by atoms with Gasteiger partial charge in [-0.3, -0.25) is 9.69 Å². The van der Waals surface area contributed by atoms with Crippen LogP contribution in [0.1, 0.15) is 22.9 Å². The largest absolute Gasteiger partial charge is 0.497 e. The maximum absolute atomic E-state index is 15.2. The van der Waals surface area contributed by atoms with Crippen LogP contribution >= 0.6 is 0 Å². The molecule has 5 rings (SSSR count). The van der Waals surface area contributed by atoms with Gasteiger partial charge in [0, 0.05) is 34.8 Å². The minimum absolute atomic E-state index is 0.0946. The number of carbonyl (C=O) groups excluding carboxylic acids is 2. The van der Waals surface area contributed by atoms with Crippen molar-refractivity contribution in [2.45, 2.75) is 12.5 Å². The van der Waals surface area contributed by atoms with Gasteiger partial charge < -0.3 is 19.4 Å². The van der Waals surface area contributed by atoms with E-state index in [2.05, 4.69) is 4.98 Å². The van der Waals surface area contributed by atoms with Gasteiger partial charge in [-0.1, -0.05) is 18.2 Å². The minimum Gasteiger partial charge on any atom is -0.497 e. The van der Waals surface area contributed by atoms with Gasteiger partial charge in [0.1, 0.15) is 30.8 Å². The number of halogens is 1. The van der Waals surface area contributed by atoms with E-state index < -0.39 is 18.0 Å². The van der Waals surface area contributed by atoms with Crippen LogP contribution in [-0.4, -0.2) is 60.1 Å². The van der Waals surface area contributed by atoms with Gasteiger partial charge in [0.2, 0.25) is 5.91 Å². The van der Waals surface area contributed by atoms with Crippen molar-refractivity contribution in [3.8, 4) is 5.75 Å². The molecule has 2 aliphatic rings. The normalized spacial score (nSPS) is 18.3. The molecule has 31 heavy (non-hydrogen) atoms. The molecule has 1 atom stereocenters. The van der Waals surface area contributed by atoms with Gasteiger partial charge in [0.05, 0.1) is 13.7 Å². The number of H-pyrrole nitrogens is 1. The van der Waals surface area contributed by atoms with E-state index in [0.29, 0.717) is 30.8 Å². The quantitative estimate of drug-likeness (QED) is 0.699. The number of nitrogens with zero attached hydrogens (tertiary/aromatic N) is 2. The first-order valence-corrected chi connectivity index (χ1v) is 10.2. The lowest BCUT2D eigenvalue weighted by molar-refractivity contribution is -0.133. The average Bonchev–Trinajstić information content (AvgIpc) is 3.36. The summed E-state index contributed by atoms with van der Waals surface area (Å²) in [7, 11) is 1.48. The fourth-order valence-corrected chi connectivity index (χ4v) is 4.51. The molecule has 2 aliphatic heterocycles. The number of hydrogen-bond acceptors (Lipinski definition) is 4. The number of fused-ring (bicyclic) bond motifs is 3. The summed E-state index contributed by atoms with van der Waals surface area (Å²) in [6.45, 7) is 0.974. The molecule has 1 aromatic heterocycles. The van der Waals surface area contributed by atoms with Crippen molar-refractivity contribution >= 4 is 22.9 Å². The molecule has 1 N–H and O–H groups in total. The Morgan fingerprint density at radius 1 is 1.26 bits per heavy atom. The van der Waals surface area contributed by atoms with Crippen molar-refractivity contribution in [1.82, 2.24) is 14.8 Å². The van der Waals surface area contributed by atoms with E-state index >= 15 is 4.39 Å². The molecule has 1 fully saturated rings. The van der Waals surface area contributed by atoms with E-state index in [0.717, 1.165) is 22.2 Å². The lowest BCUT2D eigenvalue weighted by Crippen LogP contribution is -2.46. The third kappa shape index (κ3) is 3.28. The zero-order chi connectivity index (χ0) is 21.5. The van der Waals surface area contributed by atoms with Crippen LogP contribution < -0.4 is 4.74 Å². The maximum Gasteiger partial charge on any atom is 0.410 e. The molecule has 0 aliphatic carbocycles. The van der Waals surface area contributed by atoms with E-state index in [1.54, 1.807) is 17.0 Å². The summed E-state index contributed by atoms with van der Waals surface area (Å²) in [4.78, 5) is 31.5. The molecule has 1 saturated heterocycles. The zero-order valence-corrected chi connectivity index (χ0v) is 17.1. The number of methoxy groups -OCH3 is 1. The van der Waals surface area contributed by atoms with Crippen molar-refractivity contribution in [1.29, 1.82) is 0 Å². The molecule has 2 aromatic carbocycles. The van der Waals surface area contributed by atoms with E-state index in [1.165, 1.54) is 18.1 Å². The summed E-state index contributed by atoms with van der Waals surface area (Å²) >= 11 is 0. The van der Waals surface area contributed by atoms with Crippen molar-refractivity contribution < 1.29 is 23.5 Å². The van der Waals surface area contributed by atoms with Gasteiger partial charge in [0.15, 0.2) is 0 Å². The Morgan fingerprint density at radius 3 is 2.84 bits per heavy atom. The minimum atomic E-state index is -0.631. The van der Waals surface area contributed by atoms with Crippen LogP contribution in [0.25, 0.3) is 10.9 Å². The summed E-state index contributed by atoms with van der Waals surface area (Å²) in [5.74, 6) is -0.288. The third-order valence-electron chi connectivity index (χ3n) is 6.03. The zero-order valence-electron chi connectivity index (χ0n) is 17.1. The first-order valence-electron chi connectivity index (χ1n) is 10.2. The Bertz CT molecular complexity index is 1170. The Hall–Kier alpha value is -3.55. The van der Waals surface area contributed by atoms with Crippen molar-refractivity contribution in [2.75, 3.05) is 33.4 Å². The van der Waals surface area contributed by atoms with Crippen LogP contribution in [0.15, 0.2) is 42.5 Å². The number of amides is 2. The summed E-state index contributed by atoms with van der Waals surface area (Å²) < 4.78 is 25.2. The number of carbonyl (C=O) groups is 2. The summed E-state index contributed by atoms with van der Waals surface area (Å²) in [6.07, 6.45) is 0.146. The summed E-state index contributed by atoms with van der Waals surface area (Å²) in [5.41, 5.74) is 3.21. The molecule has 0 bridgehead atoms. The molecular formula is C23H22FN3O4. The lowest BCUT2D eigenvalue weighted by atomic mass is 9.91. The lowest BCUT2D eigenvalue weighted by Gasteiger charge is -2.37. The molecule has 0 spiro atoms. The predicted molar refractivity (Wildman–Crippen MR) is 111 cm³/mol. The number of rotatable bonds is 4. The fraction of sp³-hybridized carbons (Fsp3) is 0.304. The number of ether oxygens (including phenoxy) is 2. The molecular weight excluding hydrogens is 401 g/mol. The monoisotopic (exact) mass is 423 g/mol. The number of aromatic amines is 1. The van der Waals surface area contributed by atoms with Crippen LogP contribution in [0.4, 0.5) is 9.18 Å². The number of para-hydroxylation sites is 1. The maximum atomic E-state index is 15.2. The van der Waals surface area contributed by atoms with Crippen LogP contribution in [-0.2, 0) is 16.0 Å². The highest BCUT2D eigenvalue weighted by Crippen LogP contribution is 2.40. The van der Waals surface area contributed by atoms with Crippen LogP contribution in [0.3, 0.4) is 0 Å². The van der Waals surface area contributed by atoms with Crippen LogP contribution in [0, 0.1) is 5.82 Å². The number of hydrogen-bond donors (Lipinski definition) is 1. The number of benzene rings is 2. The third-order valence-corrected chi connectivity index (χ3v) is 6.03. The Balaban J connectivity index is 1.59. The predicted octanol–water partition coefficient (Wildman–Crippen LogP) is 3.24. The smallest absolute Gasteiger partial charge is 0.410 e. The van der Waals surface area contributed by atoms with Gasteiger partial charge in [-0.15, -0.1) is 0 Å². The molecule has 0 saturated carbocycles. The van der Waals surface area contributed by atoms with Crippen molar-refractivity contribution in [3.05, 3.63) is 65.1 Å². The summed E-state index contributed by atoms with van der Waals surface area (Å²) in [5, 5.41) is 1.08. The Morgan fingerprint density at radius 2 is 2.10 bits per heavy atom. The molecule has 2 amide bonds. The van der Waals surface area contributed by atoms with Gasteiger partial charge >= 0.3 is 6.09 Å². The molecule has 7 nitrogen and oxygen atoms in total. The first kappa shape index (κ1) is 19.4. The summed E-state index contributed by atoms with van der Waals surface area (Å²) in [6, 6.07) is 12.0. The van der Waals surface area contributed by atoms with E-state index in [4.69, 9.17) is 9.47 Å². The van der Waals surface area contributed by atoms with Gasteiger partial charge in [-0.25, -0.2) is 9.18 Å². The van der Waals surface area contributed by atoms with Crippen LogP contribution in [0.5, 0.6) is 5.75 Å². The Kier molecular flexibility index (Phi) is 4.77. The highest BCUT2D eigenvalue weighted by atomic mass is 19.1.